The van der Waals surface area contributed by atoms with E-state index in [-0.39, 0.29) is 16.9 Å². The Labute approximate surface area is 73.5 Å². The molecule has 2 saturated carbocycles. The number of carbonyl (C=O) groups excluding carboxylic acids is 1. The van der Waals surface area contributed by atoms with Gasteiger partial charge in [-0.3, -0.25) is 4.79 Å². The van der Waals surface area contributed by atoms with Crippen LogP contribution in [0.15, 0.2) is 0 Å². The van der Waals surface area contributed by atoms with Crippen molar-refractivity contribution < 1.29 is 4.79 Å². The average Bonchev–Trinajstić information content (AvgIpc) is 2.26. The molecule has 2 bridgehead atoms. The van der Waals surface area contributed by atoms with E-state index in [0.29, 0.717) is 11.7 Å². The summed E-state index contributed by atoms with van der Waals surface area (Å²) in [5, 5.41) is 0. The second kappa shape index (κ2) is 1.92. The molecule has 68 valence electrons. The van der Waals surface area contributed by atoms with E-state index in [2.05, 4.69) is 20.8 Å². The van der Waals surface area contributed by atoms with Gasteiger partial charge in [-0.2, -0.15) is 0 Å². The Morgan fingerprint density at radius 3 is 2.25 bits per heavy atom. The van der Waals surface area contributed by atoms with Crippen LogP contribution < -0.4 is 5.73 Å². The summed E-state index contributed by atoms with van der Waals surface area (Å²) in [6, 6.07) is -0.182. The van der Waals surface area contributed by atoms with Gasteiger partial charge in [0.2, 0.25) is 0 Å². The minimum Gasteiger partial charge on any atom is -0.321 e. The van der Waals surface area contributed by atoms with Gasteiger partial charge < -0.3 is 5.73 Å². The van der Waals surface area contributed by atoms with Crippen molar-refractivity contribution in [2.75, 3.05) is 0 Å². The number of fused-ring (bicyclic) bond motifs is 2. The molecular formula is C10H17NO. The second-order valence-corrected chi connectivity index (χ2v) is 5.09. The highest BCUT2D eigenvalue weighted by Gasteiger charge is 2.65. The third-order valence-electron chi connectivity index (χ3n) is 4.58. The van der Waals surface area contributed by atoms with Crippen LogP contribution in [-0.4, -0.2) is 11.8 Å². The lowest BCUT2D eigenvalue weighted by atomic mass is 9.70. The Balaban J connectivity index is 2.50. The molecule has 0 aromatic rings. The molecule has 2 nitrogen and oxygen atoms in total. The maximum absolute atomic E-state index is 11.8. The molecule has 0 spiro atoms. The summed E-state index contributed by atoms with van der Waals surface area (Å²) in [5.41, 5.74) is 5.88. The van der Waals surface area contributed by atoms with E-state index >= 15 is 0 Å². The molecular weight excluding hydrogens is 150 g/mol. The first-order valence-corrected chi connectivity index (χ1v) is 4.71. The minimum absolute atomic E-state index is 0.128. The monoisotopic (exact) mass is 167 g/mol. The summed E-state index contributed by atoms with van der Waals surface area (Å²) in [4.78, 5) is 11.8. The zero-order chi connectivity index (χ0) is 9.15. The predicted molar refractivity (Wildman–Crippen MR) is 47.6 cm³/mol. The molecule has 0 heterocycles. The van der Waals surface area contributed by atoms with E-state index in [9.17, 15) is 4.79 Å². The zero-order valence-corrected chi connectivity index (χ0v) is 8.05. The van der Waals surface area contributed by atoms with Crippen molar-refractivity contribution in [1.82, 2.24) is 0 Å². The molecule has 3 atom stereocenters. The lowest BCUT2D eigenvalue weighted by molar-refractivity contribution is -0.129. The van der Waals surface area contributed by atoms with Crippen molar-refractivity contribution in [3.05, 3.63) is 0 Å². The van der Waals surface area contributed by atoms with Crippen LogP contribution in [0.4, 0.5) is 0 Å². The molecule has 2 aliphatic rings. The van der Waals surface area contributed by atoms with E-state index in [1.54, 1.807) is 0 Å². The first-order valence-electron chi connectivity index (χ1n) is 4.71. The quantitative estimate of drug-likeness (QED) is 0.591. The summed E-state index contributed by atoms with van der Waals surface area (Å²) in [6.07, 6.45) is 2.17. The lowest BCUT2D eigenvalue weighted by Crippen LogP contribution is -2.39. The van der Waals surface area contributed by atoms with Gasteiger partial charge in [0.05, 0.1) is 6.04 Å². The highest BCUT2D eigenvalue weighted by atomic mass is 16.1. The van der Waals surface area contributed by atoms with Crippen LogP contribution in [0.25, 0.3) is 0 Å². The molecule has 12 heavy (non-hydrogen) atoms. The highest BCUT2D eigenvalue weighted by Crippen LogP contribution is 2.62. The minimum atomic E-state index is -0.182. The van der Waals surface area contributed by atoms with Crippen molar-refractivity contribution in [1.29, 1.82) is 0 Å². The number of carbonyl (C=O) groups is 1. The number of rotatable bonds is 0. The maximum Gasteiger partial charge on any atom is 0.156 e. The van der Waals surface area contributed by atoms with Gasteiger partial charge in [-0.25, -0.2) is 0 Å². The molecule has 0 aromatic heterocycles. The Bertz CT molecular complexity index is 246. The molecule has 0 unspecified atom stereocenters. The molecule has 0 aliphatic heterocycles. The van der Waals surface area contributed by atoms with Crippen LogP contribution in [0.2, 0.25) is 0 Å². The fourth-order valence-corrected chi connectivity index (χ4v) is 3.16. The summed E-state index contributed by atoms with van der Waals surface area (Å²) in [6.45, 7) is 6.47. The normalized spacial score (nSPS) is 50.2. The number of nitrogens with two attached hydrogens (primary N) is 1. The smallest absolute Gasteiger partial charge is 0.156 e. The van der Waals surface area contributed by atoms with Crippen LogP contribution in [0, 0.1) is 16.7 Å². The van der Waals surface area contributed by atoms with Crippen molar-refractivity contribution in [2.24, 2.45) is 22.5 Å². The van der Waals surface area contributed by atoms with Crippen molar-refractivity contribution >= 4 is 5.78 Å². The SMILES string of the molecule is CC1(C)[C@@H]2CC[C@]1(C)C(=O)[C@@H]2N. The van der Waals surface area contributed by atoms with E-state index in [0.717, 1.165) is 12.8 Å². The molecule has 2 heteroatoms. The van der Waals surface area contributed by atoms with Crippen LogP contribution >= 0.6 is 0 Å². The lowest BCUT2D eigenvalue weighted by Gasteiger charge is -2.32. The molecule has 0 saturated heterocycles. The third-order valence-corrected chi connectivity index (χ3v) is 4.58. The van der Waals surface area contributed by atoms with Crippen molar-refractivity contribution in [2.45, 2.75) is 39.7 Å². The molecule has 0 radical (unpaired) electrons. The summed E-state index contributed by atoms with van der Waals surface area (Å²) in [7, 11) is 0. The maximum atomic E-state index is 11.8. The van der Waals surface area contributed by atoms with Gasteiger partial charge in [-0.15, -0.1) is 0 Å². The first kappa shape index (κ1) is 8.24. The third kappa shape index (κ3) is 0.598. The van der Waals surface area contributed by atoms with Gasteiger partial charge in [0.15, 0.2) is 5.78 Å². The number of hydrogen-bond acceptors (Lipinski definition) is 2. The largest absolute Gasteiger partial charge is 0.321 e. The van der Waals surface area contributed by atoms with Gasteiger partial charge in [-0.05, 0) is 24.2 Å². The Kier molecular flexibility index (Phi) is 1.32. The fraction of sp³-hybridized carbons (Fsp3) is 0.900. The van der Waals surface area contributed by atoms with Crippen molar-refractivity contribution in [3.8, 4) is 0 Å². The van der Waals surface area contributed by atoms with E-state index in [4.69, 9.17) is 5.73 Å². The van der Waals surface area contributed by atoms with E-state index in [1.807, 2.05) is 0 Å². The van der Waals surface area contributed by atoms with Gasteiger partial charge in [0, 0.05) is 5.41 Å². The van der Waals surface area contributed by atoms with Crippen LogP contribution in [0.1, 0.15) is 33.6 Å². The van der Waals surface area contributed by atoms with Gasteiger partial charge in [-0.1, -0.05) is 20.8 Å². The van der Waals surface area contributed by atoms with Crippen LogP contribution in [0.3, 0.4) is 0 Å². The molecule has 2 rings (SSSR count). The highest BCUT2D eigenvalue weighted by molar-refractivity contribution is 5.94. The summed E-state index contributed by atoms with van der Waals surface area (Å²) in [5.74, 6) is 0.721. The standard InChI is InChI=1S/C10H17NO/c1-9(2)6-4-5-10(9,3)8(12)7(6)11/h6-7H,4-5,11H2,1-3H3/t6-,7-,10-/m1/s1. The van der Waals surface area contributed by atoms with Gasteiger partial charge >= 0.3 is 0 Å². The molecule has 0 amide bonds. The van der Waals surface area contributed by atoms with E-state index in [1.165, 1.54) is 0 Å². The summed E-state index contributed by atoms with van der Waals surface area (Å²) < 4.78 is 0. The summed E-state index contributed by atoms with van der Waals surface area (Å²) >= 11 is 0. The van der Waals surface area contributed by atoms with Gasteiger partial charge in [0.1, 0.15) is 0 Å². The van der Waals surface area contributed by atoms with Crippen LogP contribution in [-0.2, 0) is 4.79 Å². The zero-order valence-electron chi connectivity index (χ0n) is 8.05. The number of hydrogen-bond donors (Lipinski definition) is 1. The average molecular weight is 167 g/mol. The first-order chi connectivity index (χ1) is 5.41. The van der Waals surface area contributed by atoms with Crippen molar-refractivity contribution in [3.63, 3.8) is 0 Å². The Morgan fingerprint density at radius 2 is 2.00 bits per heavy atom. The molecule has 2 N–H and O–H groups in total. The Morgan fingerprint density at radius 1 is 1.42 bits per heavy atom. The van der Waals surface area contributed by atoms with E-state index < -0.39 is 0 Å². The van der Waals surface area contributed by atoms with Gasteiger partial charge in [0.25, 0.3) is 0 Å². The number of Topliss-reactive ketones (excluding diaryl/α,β-unsaturated/α-hetero) is 1. The predicted octanol–water partition coefficient (Wildman–Crippen LogP) is 1.34. The second-order valence-electron chi connectivity index (χ2n) is 5.09. The Hall–Kier alpha value is -0.370. The number of ketones is 1. The van der Waals surface area contributed by atoms with Crippen LogP contribution in [0.5, 0.6) is 0 Å². The fourth-order valence-electron chi connectivity index (χ4n) is 3.16. The molecule has 2 aliphatic carbocycles. The topological polar surface area (TPSA) is 43.1 Å². The molecule has 2 fully saturated rings. The molecule has 0 aromatic carbocycles.